The molecule has 7 heteroatoms. The van der Waals surface area contributed by atoms with Gasteiger partial charge in [-0.3, -0.25) is 4.79 Å². The summed E-state index contributed by atoms with van der Waals surface area (Å²) in [7, 11) is 0. The molecule has 0 atom stereocenters. The van der Waals surface area contributed by atoms with Gasteiger partial charge in [0.05, 0.1) is 18.0 Å². The molecule has 0 aliphatic carbocycles. The summed E-state index contributed by atoms with van der Waals surface area (Å²) in [6.45, 7) is 0.00220. The topological polar surface area (TPSA) is 92.3 Å². The fourth-order valence-electron chi connectivity index (χ4n) is 1.56. The van der Waals surface area contributed by atoms with Crippen LogP contribution in [0.3, 0.4) is 0 Å². The standard InChI is InChI=1S/C11H12N4O2S/c12-8-3-1-2-4-10(8)15(5-6-16)11(17)9-7-18-14-13-9/h1-4,7,16H,5-6,12H2. The predicted octanol–water partition coefficient (Wildman–Crippen LogP) is 0.759. The number of para-hydroxylation sites is 2. The second-order valence-electron chi connectivity index (χ2n) is 3.53. The molecule has 0 spiro atoms. The Kier molecular flexibility index (Phi) is 3.85. The highest BCUT2D eigenvalue weighted by Gasteiger charge is 2.20. The highest BCUT2D eigenvalue weighted by atomic mass is 32.1. The average molecular weight is 264 g/mol. The minimum absolute atomic E-state index is 0.155. The van der Waals surface area contributed by atoms with Crippen molar-refractivity contribution in [3.05, 3.63) is 35.3 Å². The van der Waals surface area contributed by atoms with Crippen LogP contribution in [0, 0.1) is 0 Å². The molecular weight excluding hydrogens is 252 g/mol. The molecule has 94 valence electrons. The second kappa shape index (κ2) is 5.56. The van der Waals surface area contributed by atoms with Gasteiger partial charge in [0.1, 0.15) is 0 Å². The number of rotatable bonds is 4. The van der Waals surface area contributed by atoms with Crippen molar-refractivity contribution in [1.29, 1.82) is 0 Å². The van der Waals surface area contributed by atoms with Gasteiger partial charge in [0.15, 0.2) is 5.69 Å². The Labute approximate surface area is 108 Å². The van der Waals surface area contributed by atoms with Gasteiger partial charge in [-0.15, -0.1) is 5.10 Å². The van der Waals surface area contributed by atoms with E-state index in [2.05, 4.69) is 9.59 Å². The van der Waals surface area contributed by atoms with Crippen molar-refractivity contribution in [2.45, 2.75) is 0 Å². The summed E-state index contributed by atoms with van der Waals surface area (Å²) in [6.07, 6.45) is 0. The molecule has 1 aromatic heterocycles. The first-order valence-electron chi connectivity index (χ1n) is 5.28. The Bertz CT molecular complexity index is 530. The highest BCUT2D eigenvalue weighted by Crippen LogP contribution is 2.23. The lowest BCUT2D eigenvalue weighted by Gasteiger charge is -2.22. The van der Waals surface area contributed by atoms with Gasteiger partial charge in [-0.2, -0.15) is 0 Å². The summed E-state index contributed by atoms with van der Waals surface area (Å²) in [5.74, 6) is -0.323. The summed E-state index contributed by atoms with van der Waals surface area (Å²) in [6, 6.07) is 6.99. The normalized spacial score (nSPS) is 10.3. The quantitative estimate of drug-likeness (QED) is 0.795. The average Bonchev–Trinajstić information content (AvgIpc) is 2.90. The fourth-order valence-corrected chi connectivity index (χ4v) is 1.99. The van der Waals surface area contributed by atoms with E-state index in [1.165, 1.54) is 4.90 Å². The Morgan fingerprint density at radius 3 is 2.83 bits per heavy atom. The number of aliphatic hydroxyl groups is 1. The molecule has 2 rings (SSSR count). The first-order valence-corrected chi connectivity index (χ1v) is 6.12. The Morgan fingerprint density at radius 2 is 2.22 bits per heavy atom. The highest BCUT2D eigenvalue weighted by molar-refractivity contribution is 7.03. The first-order chi connectivity index (χ1) is 8.74. The van der Waals surface area contributed by atoms with Crippen molar-refractivity contribution in [3.63, 3.8) is 0 Å². The number of anilines is 2. The molecule has 0 fully saturated rings. The molecule has 2 aromatic rings. The lowest BCUT2D eigenvalue weighted by Crippen LogP contribution is -2.34. The number of carbonyl (C=O) groups is 1. The SMILES string of the molecule is Nc1ccccc1N(CCO)C(=O)c1csnn1. The third kappa shape index (κ3) is 2.47. The fraction of sp³-hybridized carbons (Fsp3) is 0.182. The van der Waals surface area contributed by atoms with E-state index in [0.717, 1.165) is 11.5 Å². The molecule has 0 bridgehead atoms. The zero-order valence-corrected chi connectivity index (χ0v) is 10.3. The van der Waals surface area contributed by atoms with Crippen LogP contribution >= 0.6 is 11.5 Å². The second-order valence-corrected chi connectivity index (χ2v) is 4.14. The maximum absolute atomic E-state index is 12.2. The van der Waals surface area contributed by atoms with Crippen LogP contribution in [0.1, 0.15) is 10.5 Å². The zero-order chi connectivity index (χ0) is 13.0. The molecule has 18 heavy (non-hydrogen) atoms. The molecular formula is C11H12N4O2S. The van der Waals surface area contributed by atoms with Crippen LogP contribution in [0.25, 0.3) is 0 Å². The van der Waals surface area contributed by atoms with Gasteiger partial charge < -0.3 is 15.7 Å². The monoisotopic (exact) mass is 264 g/mol. The summed E-state index contributed by atoms with van der Waals surface area (Å²) in [4.78, 5) is 13.6. The Balaban J connectivity index is 2.34. The molecule has 0 aliphatic rings. The number of aromatic nitrogens is 2. The van der Waals surface area contributed by atoms with Crippen LogP contribution in [0.5, 0.6) is 0 Å². The van der Waals surface area contributed by atoms with Crippen molar-refractivity contribution in [3.8, 4) is 0 Å². The predicted molar refractivity (Wildman–Crippen MR) is 69.5 cm³/mol. The Morgan fingerprint density at radius 1 is 1.44 bits per heavy atom. The minimum atomic E-state index is -0.323. The number of nitrogens with two attached hydrogens (primary N) is 1. The van der Waals surface area contributed by atoms with Crippen LogP contribution in [0.4, 0.5) is 11.4 Å². The van der Waals surface area contributed by atoms with Gasteiger partial charge in [0, 0.05) is 11.9 Å². The van der Waals surface area contributed by atoms with Gasteiger partial charge in [-0.05, 0) is 23.7 Å². The van der Waals surface area contributed by atoms with Gasteiger partial charge in [-0.1, -0.05) is 16.6 Å². The molecule has 0 radical (unpaired) electrons. The molecule has 1 aromatic carbocycles. The van der Waals surface area contributed by atoms with Crippen molar-refractivity contribution in [2.75, 3.05) is 23.8 Å². The summed E-state index contributed by atoms with van der Waals surface area (Å²) in [5.41, 5.74) is 7.12. The maximum Gasteiger partial charge on any atom is 0.279 e. The molecule has 0 saturated heterocycles. The number of aliphatic hydroxyl groups excluding tert-OH is 1. The van der Waals surface area contributed by atoms with Crippen LogP contribution in [0.15, 0.2) is 29.6 Å². The molecule has 0 unspecified atom stereocenters. The smallest absolute Gasteiger partial charge is 0.279 e. The summed E-state index contributed by atoms with van der Waals surface area (Å²) >= 11 is 1.10. The van der Waals surface area contributed by atoms with E-state index in [9.17, 15) is 4.79 Å². The molecule has 0 saturated carbocycles. The zero-order valence-electron chi connectivity index (χ0n) is 9.48. The number of nitrogen functional groups attached to an aromatic ring is 1. The van der Waals surface area contributed by atoms with E-state index in [-0.39, 0.29) is 24.8 Å². The molecule has 6 nitrogen and oxygen atoms in total. The van der Waals surface area contributed by atoms with Crippen molar-refractivity contribution in [1.82, 2.24) is 9.59 Å². The number of carbonyl (C=O) groups excluding carboxylic acids is 1. The van der Waals surface area contributed by atoms with Crippen LogP contribution in [-0.2, 0) is 0 Å². The van der Waals surface area contributed by atoms with Crippen LogP contribution in [0.2, 0.25) is 0 Å². The number of benzene rings is 1. The largest absolute Gasteiger partial charge is 0.397 e. The number of hydrogen-bond acceptors (Lipinski definition) is 6. The number of amides is 1. The number of nitrogens with zero attached hydrogens (tertiary/aromatic N) is 3. The lowest BCUT2D eigenvalue weighted by atomic mass is 10.2. The third-order valence-electron chi connectivity index (χ3n) is 2.38. The van der Waals surface area contributed by atoms with Gasteiger partial charge in [-0.25, -0.2) is 0 Å². The molecule has 1 heterocycles. The third-order valence-corrected chi connectivity index (χ3v) is 2.88. The summed E-state index contributed by atoms with van der Waals surface area (Å²) in [5, 5.41) is 14.4. The van der Waals surface area contributed by atoms with Gasteiger partial charge in [0.25, 0.3) is 5.91 Å². The molecule has 1 amide bonds. The van der Waals surface area contributed by atoms with Crippen LogP contribution in [-0.4, -0.2) is 33.8 Å². The molecule has 0 aliphatic heterocycles. The summed E-state index contributed by atoms with van der Waals surface area (Å²) < 4.78 is 3.65. The van der Waals surface area contributed by atoms with Crippen molar-refractivity contribution in [2.24, 2.45) is 0 Å². The maximum atomic E-state index is 12.2. The number of hydrogen-bond donors (Lipinski definition) is 2. The van der Waals surface area contributed by atoms with E-state index in [4.69, 9.17) is 10.8 Å². The molecule has 3 N–H and O–H groups in total. The van der Waals surface area contributed by atoms with E-state index >= 15 is 0 Å². The lowest BCUT2D eigenvalue weighted by molar-refractivity contribution is 0.0976. The van der Waals surface area contributed by atoms with E-state index < -0.39 is 0 Å². The van der Waals surface area contributed by atoms with E-state index in [1.807, 2.05) is 0 Å². The minimum Gasteiger partial charge on any atom is -0.397 e. The van der Waals surface area contributed by atoms with E-state index in [1.54, 1.807) is 29.6 Å². The van der Waals surface area contributed by atoms with Crippen molar-refractivity contribution >= 4 is 28.8 Å². The first kappa shape index (κ1) is 12.5. The van der Waals surface area contributed by atoms with Gasteiger partial charge >= 0.3 is 0 Å². The van der Waals surface area contributed by atoms with Crippen LogP contribution < -0.4 is 10.6 Å². The Hall–Kier alpha value is -1.99. The van der Waals surface area contributed by atoms with E-state index in [0.29, 0.717) is 11.4 Å². The van der Waals surface area contributed by atoms with Crippen molar-refractivity contribution < 1.29 is 9.90 Å². The van der Waals surface area contributed by atoms with Gasteiger partial charge in [0.2, 0.25) is 0 Å².